The number of nitrogens with two attached hydrogens (primary N) is 1. The van der Waals surface area contributed by atoms with Crippen molar-refractivity contribution in [2.45, 2.75) is 25.8 Å². The fourth-order valence-corrected chi connectivity index (χ4v) is 2.77. The first kappa shape index (κ1) is 12.7. The maximum Gasteiger partial charge on any atom is 0.227 e. The minimum Gasteiger partial charge on any atom is -0.399 e. The highest BCUT2D eigenvalue weighted by Gasteiger charge is 2.28. The van der Waals surface area contributed by atoms with Crippen molar-refractivity contribution in [1.29, 1.82) is 0 Å². The van der Waals surface area contributed by atoms with Crippen LogP contribution in [0.3, 0.4) is 0 Å². The van der Waals surface area contributed by atoms with E-state index >= 15 is 0 Å². The summed E-state index contributed by atoms with van der Waals surface area (Å²) in [5, 5.41) is 0. The van der Waals surface area contributed by atoms with Crippen molar-refractivity contribution in [2.24, 2.45) is 0 Å². The first-order chi connectivity index (χ1) is 9.65. The molecule has 1 unspecified atom stereocenters. The molecular formula is C17H18N2O. The number of benzene rings is 2. The zero-order valence-electron chi connectivity index (χ0n) is 11.5. The van der Waals surface area contributed by atoms with Crippen molar-refractivity contribution in [3.63, 3.8) is 0 Å². The third kappa shape index (κ3) is 2.27. The highest BCUT2D eigenvalue weighted by molar-refractivity contribution is 5.97. The Morgan fingerprint density at radius 2 is 1.95 bits per heavy atom. The van der Waals surface area contributed by atoms with Crippen LogP contribution in [0.2, 0.25) is 0 Å². The molecule has 2 aromatic carbocycles. The molecule has 0 fully saturated rings. The van der Waals surface area contributed by atoms with Gasteiger partial charge in [-0.2, -0.15) is 0 Å². The van der Waals surface area contributed by atoms with Crippen LogP contribution >= 0.6 is 0 Å². The number of anilines is 2. The minimum absolute atomic E-state index is 0.179. The number of carbonyl (C=O) groups excluding carboxylic acids is 1. The van der Waals surface area contributed by atoms with Crippen LogP contribution in [0.25, 0.3) is 0 Å². The van der Waals surface area contributed by atoms with E-state index in [2.05, 4.69) is 6.92 Å². The summed E-state index contributed by atoms with van der Waals surface area (Å²) >= 11 is 0. The molecule has 1 atom stereocenters. The SMILES string of the molecule is CC1CC(=O)N(Cc2ccccc2)c2ccc(N)cc21. The molecule has 1 amide bonds. The van der Waals surface area contributed by atoms with Gasteiger partial charge in [0.15, 0.2) is 0 Å². The van der Waals surface area contributed by atoms with Gasteiger partial charge in [0, 0.05) is 17.8 Å². The fourth-order valence-electron chi connectivity index (χ4n) is 2.77. The summed E-state index contributed by atoms with van der Waals surface area (Å²) in [5.74, 6) is 0.409. The normalized spacial score (nSPS) is 17.9. The summed E-state index contributed by atoms with van der Waals surface area (Å²) in [6.07, 6.45) is 0.545. The number of nitrogens with zero attached hydrogens (tertiary/aromatic N) is 1. The van der Waals surface area contributed by atoms with Crippen molar-refractivity contribution in [3.05, 3.63) is 59.7 Å². The average Bonchev–Trinajstić information content (AvgIpc) is 2.45. The first-order valence-electron chi connectivity index (χ1n) is 6.89. The maximum absolute atomic E-state index is 12.4. The summed E-state index contributed by atoms with van der Waals surface area (Å²) < 4.78 is 0. The van der Waals surface area contributed by atoms with Gasteiger partial charge >= 0.3 is 0 Å². The Balaban J connectivity index is 1.99. The lowest BCUT2D eigenvalue weighted by Crippen LogP contribution is -2.35. The molecule has 0 bridgehead atoms. The van der Waals surface area contributed by atoms with Crippen LogP contribution in [0.1, 0.15) is 30.4 Å². The molecule has 1 aliphatic heterocycles. The van der Waals surface area contributed by atoms with Crippen LogP contribution in [0.15, 0.2) is 48.5 Å². The van der Waals surface area contributed by atoms with Crippen LogP contribution in [0, 0.1) is 0 Å². The molecule has 20 heavy (non-hydrogen) atoms. The predicted molar refractivity (Wildman–Crippen MR) is 81.5 cm³/mol. The lowest BCUT2D eigenvalue weighted by Gasteiger charge is -2.33. The van der Waals surface area contributed by atoms with Gasteiger partial charge in [0.2, 0.25) is 5.91 Å². The number of hydrogen-bond donors (Lipinski definition) is 1. The quantitative estimate of drug-likeness (QED) is 0.848. The van der Waals surface area contributed by atoms with Crippen LogP contribution in [0.5, 0.6) is 0 Å². The Kier molecular flexibility index (Phi) is 3.18. The van der Waals surface area contributed by atoms with Crippen molar-refractivity contribution in [2.75, 3.05) is 10.6 Å². The molecule has 0 saturated carbocycles. The molecule has 0 spiro atoms. The highest BCUT2D eigenvalue weighted by Crippen LogP contribution is 2.37. The summed E-state index contributed by atoms with van der Waals surface area (Å²) in [7, 11) is 0. The topological polar surface area (TPSA) is 46.3 Å². The van der Waals surface area contributed by atoms with E-state index in [1.54, 1.807) is 0 Å². The first-order valence-corrected chi connectivity index (χ1v) is 6.89. The standard InChI is InChI=1S/C17H18N2O/c1-12-9-17(20)19(11-13-5-3-2-4-6-13)16-8-7-14(18)10-15(12)16/h2-8,10,12H,9,11,18H2,1H3. The molecule has 1 heterocycles. The van der Waals surface area contributed by atoms with Gasteiger partial charge in [-0.1, -0.05) is 37.3 Å². The van der Waals surface area contributed by atoms with Gasteiger partial charge in [-0.25, -0.2) is 0 Å². The van der Waals surface area contributed by atoms with Crippen LogP contribution in [-0.2, 0) is 11.3 Å². The van der Waals surface area contributed by atoms with E-state index in [0.717, 1.165) is 16.9 Å². The Morgan fingerprint density at radius 1 is 1.20 bits per heavy atom. The van der Waals surface area contributed by atoms with Crippen LogP contribution in [-0.4, -0.2) is 5.91 Å². The van der Waals surface area contributed by atoms with Gasteiger partial charge in [-0.15, -0.1) is 0 Å². The average molecular weight is 266 g/mol. The van der Waals surface area contributed by atoms with Gasteiger partial charge in [0.05, 0.1) is 6.54 Å². The molecule has 3 rings (SSSR count). The number of amides is 1. The summed E-state index contributed by atoms with van der Waals surface area (Å²) in [5.41, 5.74) is 9.92. The molecule has 102 valence electrons. The Morgan fingerprint density at radius 3 is 2.70 bits per heavy atom. The van der Waals surface area contributed by atoms with E-state index in [-0.39, 0.29) is 11.8 Å². The summed E-state index contributed by atoms with van der Waals surface area (Å²) in [6, 6.07) is 15.9. The zero-order valence-corrected chi connectivity index (χ0v) is 11.5. The van der Waals surface area contributed by atoms with Crippen molar-refractivity contribution >= 4 is 17.3 Å². The lowest BCUT2D eigenvalue weighted by molar-refractivity contribution is -0.119. The molecule has 2 N–H and O–H groups in total. The Bertz CT molecular complexity index is 637. The molecule has 0 aliphatic carbocycles. The molecule has 0 saturated heterocycles. The number of rotatable bonds is 2. The second-order valence-corrected chi connectivity index (χ2v) is 5.39. The third-order valence-electron chi connectivity index (χ3n) is 3.84. The number of fused-ring (bicyclic) bond motifs is 1. The molecule has 0 radical (unpaired) electrons. The predicted octanol–water partition coefficient (Wildman–Crippen LogP) is 3.31. The van der Waals surface area contributed by atoms with Gasteiger partial charge in [0.25, 0.3) is 0 Å². The van der Waals surface area contributed by atoms with E-state index in [4.69, 9.17) is 5.73 Å². The lowest BCUT2D eigenvalue weighted by atomic mass is 9.90. The number of hydrogen-bond acceptors (Lipinski definition) is 2. The van der Waals surface area contributed by atoms with Crippen LogP contribution in [0.4, 0.5) is 11.4 Å². The van der Waals surface area contributed by atoms with Crippen molar-refractivity contribution in [3.8, 4) is 0 Å². The summed E-state index contributed by atoms with van der Waals surface area (Å²) in [4.78, 5) is 14.2. The van der Waals surface area contributed by atoms with Gasteiger partial charge in [0.1, 0.15) is 0 Å². The van der Waals surface area contributed by atoms with Crippen molar-refractivity contribution < 1.29 is 4.79 Å². The molecule has 3 heteroatoms. The molecule has 3 nitrogen and oxygen atoms in total. The third-order valence-corrected chi connectivity index (χ3v) is 3.84. The van der Waals surface area contributed by atoms with E-state index in [0.29, 0.717) is 13.0 Å². The van der Waals surface area contributed by atoms with Gasteiger partial charge in [-0.3, -0.25) is 4.79 Å². The Hall–Kier alpha value is -2.29. The second-order valence-electron chi connectivity index (χ2n) is 5.39. The zero-order chi connectivity index (χ0) is 14.1. The minimum atomic E-state index is 0.179. The highest BCUT2D eigenvalue weighted by atomic mass is 16.2. The largest absolute Gasteiger partial charge is 0.399 e. The van der Waals surface area contributed by atoms with E-state index in [1.807, 2.05) is 53.4 Å². The maximum atomic E-state index is 12.4. The van der Waals surface area contributed by atoms with Gasteiger partial charge in [-0.05, 0) is 35.2 Å². The molecule has 0 aromatic heterocycles. The van der Waals surface area contributed by atoms with E-state index < -0.39 is 0 Å². The molecule has 2 aromatic rings. The molecular weight excluding hydrogens is 248 g/mol. The van der Waals surface area contributed by atoms with E-state index in [9.17, 15) is 4.79 Å². The monoisotopic (exact) mass is 266 g/mol. The summed E-state index contributed by atoms with van der Waals surface area (Å²) in [6.45, 7) is 2.69. The number of nitrogen functional groups attached to an aromatic ring is 1. The molecule has 1 aliphatic rings. The number of carbonyl (C=O) groups is 1. The second kappa shape index (κ2) is 5.00. The fraction of sp³-hybridized carbons (Fsp3) is 0.235. The smallest absolute Gasteiger partial charge is 0.227 e. The van der Waals surface area contributed by atoms with Crippen molar-refractivity contribution in [1.82, 2.24) is 0 Å². The van der Waals surface area contributed by atoms with E-state index in [1.165, 1.54) is 5.56 Å². The van der Waals surface area contributed by atoms with Gasteiger partial charge < -0.3 is 10.6 Å². The van der Waals surface area contributed by atoms with Crippen LogP contribution < -0.4 is 10.6 Å². The Labute approximate surface area is 119 Å².